The molecule has 5 N–H and O–H groups in total. The summed E-state index contributed by atoms with van der Waals surface area (Å²) in [4.78, 5) is 44.7. The normalized spacial score (nSPS) is 21.0. The molecule has 2 aromatic carbocycles. The summed E-state index contributed by atoms with van der Waals surface area (Å²) in [5.74, 6) is 0.300. The summed E-state index contributed by atoms with van der Waals surface area (Å²) in [6.07, 6.45) is 5.13. The molecule has 2 bridgehead atoms. The minimum absolute atomic E-state index is 0.0519. The van der Waals surface area contributed by atoms with Crippen molar-refractivity contribution in [3.05, 3.63) is 102 Å². The SMILES string of the molecule is Cc1cnsc1-c1ccc([C@H](C)NC(=O)[C@@H]2C[C@@H](O)CN2C(=O)[C@@H](c2cc(OCCN3CCN(CCOc4cc(N5C6CCC5CN(c5cc(-c7ccccc7O)nnc5N)C6)ccn4)CC3)no2)C(C)C)cc1. The number of hydrogen-bond donors (Lipinski definition) is 4. The number of aryl methyl sites for hydroxylation is 1. The first-order valence-corrected chi connectivity index (χ1v) is 26.5. The number of aliphatic hydroxyl groups is 1. The summed E-state index contributed by atoms with van der Waals surface area (Å²) in [5.41, 5.74) is 12.6. The third-order valence-electron chi connectivity index (χ3n) is 15.0. The number of piperazine rings is 2. The van der Waals surface area contributed by atoms with E-state index in [-0.39, 0.29) is 54.6 Å². The van der Waals surface area contributed by atoms with Crippen LogP contribution in [0.3, 0.4) is 0 Å². The predicted octanol–water partition coefficient (Wildman–Crippen LogP) is 5.76. The molecule has 19 nitrogen and oxygen atoms in total. The summed E-state index contributed by atoms with van der Waals surface area (Å²) < 4.78 is 22.3. The summed E-state index contributed by atoms with van der Waals surface area (Å²) in [7, 11) is 0. The summed E-state index contributed by atoms with van der Waals surface area (Å²) in [5, 5.41) is 37.0. The van der Waals surface area contributed by atoms with Crippen LogP contribution in [-0.4, -0.2) is 158 Å². The Labute approximate surface area is 435 Å². The Morgan fingerprint density at radius 1 is 0.892 bits per heavy atom. The predicted molar refractivity (Wildman–Crippen MR) is 282 cm³/mol. The molecule has 6 aromatic rings. The molecule has 2 unspecified atom stereocenters. The number of fused-ring (bicyclic) bond motifs is 2. The molecule has 0 aliphatic carbocycles. The van der Waals surface area contributed by atoms with Crippen molar-refractivity contribution in [2.75, 3.05) is 87.7 Å². The quantitative estimate of drug-likeness (QED) is 0.0803. The maximum absolute atomic E-state index is 14.2. The first-order valence-electron chi connectivity index (χ1n) is 25.7. The second-order valence-electron chi connectivity index (χ2n) is 20.3. The molecule has 2 amide bonds. The minimum Gasteiger partial charge on any atom is -0.507 e. The number of phenolic OH excluding ortho intramolecular Hbond substituents is 1. The maximum Gasteiger partial charge on any atom is 0.254 e. The molecule has 6 atom stereocenters. The lowest BCUT2D eigenvalue weighted by atomic mass is 9.91. The van der Waals surface area contributed by atoms with E-state index in [1.807, 2.05) is 82.6 Å². The number of likely N-dealkylation sites (tertiary alicyclic amines) is 1. The Bertz CT molecular complexity index is 2880. The molecule has 4 saturated heterocycles. The molecule has 4 aromatic heterocycles. The number of amides is 2. The van der Waals surface area contributed by atoms with Crippen molar-refractivity contribution >= 4 is 40.5 Å². The maximum atomic E-state index is 14.2. The number of para-hydroxylation sites is 1. The highest BCUT2D eigenvalue weighted by molar-refractivity contribution is 7.09. The number of β-amino-alcohol motifs (C(OH)–C–C–N with tert-alkyl or cyclic N) is 1. The second kappa shape index (κ2) is 22.3. The Hall–Kier alpha value is -6.87. The van der Waals surface area contributed by atoms with Crippen molar-refractivity contribution in [2.45, 2.75) is 83.1 Å². The van der Waals surface area contributed by atoms with Crippen LogP contribution in [-0.2, 0) is 9.59 Å². The van der Waals surface area contributed by atoms with Crippen LogP contribution >= 0.6 is 11.5 Å². The second-order valence-corrected chi connectivity index (χ2v) is 21.1. The number of nitrogens with one attached hydrogen (secondary N) is 1. The van der Waals surface area contributed by atoms with Gasteiger partial charge in [-0.3, -0.25) is 19.4 Å². The highest BCUT2D eigenvalue weighted by atomic mass is 32.1. The van der Waals surface area contributed by atoms with E-state index in [1.54, 1.807) is 18.2 Å². The van der Waals surface area contributed by atoms with Gasteiger partial charge in [0.05, 0.1) is 28.4 Å². The van der Waals surface area contributed by atoms with Crippen LogP contribution in [0.4, 0.5) is 17.2 Å². The van der Waals surface area contributed by atoms with E-state index in [9.17, 15) is 19.8 Å². The number of hydrogen-bond acceptors (Lipinski definition) is 18. The van der Waals surface area contributed by atoms with Gasteiger partial charge in [0, 0.05) is 113 Å². The number of aromatic nitrogens is 5. The van der Waals surface area contributed by atoms with Gasteiger partial charge in [0.1, 0.15) is 30.9 Å². The van der Waals surface area contributed by atoms with Crippen molar-refractivity contribution in [1.82, 2.24) is 44.7 Å². The van der Waals surface area contributed by atoms with Gasteiger partial charge in [0.25, 0.3) is 5.88 Å². The van der Waals surface area contributed by atoms with E-state index >= 15 is 0 Å². The third-order valence-corrected chi connectivity index (χ3v) is 15.9. The molecule has 10 rings (SSSR count). The zero-order valence-corrected chi connectivity index (χ0v) is 43.2. The number of benzene rings is 2. The number of nitrogen functional groups attached to an aromatic ring is 1. The van der Waals surface area contributed by atoms with Crippen LogP contribution in [0.15, 0.2) is 89.7 Å². The fourth-order valence-corrected chi connectivity index (χ4v) is 11.8. The number of nitrogens with zero attached hydrogens (tertiary/aromatic N) is 10. The molecule has 0 radical (unpaired) electrons. The zero-order chi connectivity index (χ0) is 51.5. The largest absolute Gasteiger partial charge is 0.507 e. The molecular weight excluding hydrogens is 961 g/mol. The molecule has 4 fully saturated rings. The van der Waals surface area contributed by atoms with Gasteiger partial charge >= 0.3 is 0 Å². The Morgan fingerprint density at radius 3 is 2.27 bits per heavy atom. The van der Waals surface area contributed by atoms with E-state index < -0.39 is 18.1 Å². The van der Waals surface area contributed by atoms with Crippen LogP contribution in [0.2, 0.25) is 0 Å². The average molecular weight is 1030 g/mol. The first kappa shape index (κ1) is 50.7. The van der Waals surface area contributed by atoms with Gasteiger partial charge in [-0.25, -0.2) is 9.36 Å². The highest BCUT2D eigenvalue weighted by Crippen LogP contribution is 2.40. The number of carbonyl (C=O) groups excluding carboxylic acids is 2. The highest BCUT2D eigenvalue weighted by Gasteiger charge is 2.44. The van der Waals surface area contributed by atoms with Crippen molar-refractivity contribution in [3.8, 4) is 39.2 Å². The van der Waals surface area contributed by atoms with Crippen molar-refractivity contribution in [3.63, 3.8) is 0 Å². The Balaban J connectivity index is 0.655. The van der Waals surface area contributed by atoms with Gasteiger partial charge in [0.15, 0.2) is 11.6 Å². The molecule has 4 aliphatic heterocycles. The topological polar surface area (TPSA) is 225 Å². The number of aromatic hydroxyl groups is 1. The molecule has 74 heavy (non-hydrogen) atoms. The van der Waals surface area contributed by atoms with Crippen molar-refractivity contribution in [1.29, 1.82) is 0 Å². The molecule has 20 heteroatoms. The average Bonchev–Trinajstić information content (AvgIpc) is 4.20. The van der Waals surface area contributed by atoms with E-state index in [0.29, 0.717) is 54.4 Å². The van der Waals surface area contributed by atoms with Gasteiger partial charge in [-0.05, 0) is 90.3 Å². The number of carbonyl (C=O) groups is 2. The lowest BCUT2D eigenvalue weighted by Crippen LogP contribution is -2.54. The first-order chi connectivity index (χ1) is 35.9. The Morgan fingerprint density at radius 2 is 1.59 bits per heavy atom. The number of pyridine rings is 1. The van der Waals surface area contributed by atoms with Crippen LogP contribution in [0.1, 0.15) is 68.9 Å². The van der Waals surface area contributed by atoms with Gasteiger partial charge in [-0.2, -0.15) is 0 Å². The Kier molecular flexibility index (Phi) is 15.3. The van der Waals surface area contributed by atoms with E-state index in [1.165, 1.54) is 16.4 Å². The van der Waals surface area contributed by atoms with Gasteiger partial charge in [-0.15, -0.1) is 10.2 Å². The smallest absolute Gasteiger partial charge is 0.254 e. The van der Waals surface area contributed by atoms with Crippen molar-refractivity contribution in [2.24, 2.45) is 5.92 Å². The van der Waals surface area contributed by atoms with Gasteiger partial charge in [0.2, 0.25) is 17.7 Å². The number of ether oxygens (including phenoxy) is 2. The summed E-state index contributed by atoms with van der Waals surface area (Å²) in [6, 6.07) is 22.3. The molecule has 4 aliphatic rings. The molecule has 390 valence electrons. The van der Waals surface area contributed by atoms with Crippen LogP contribution in [0.5, 0.6) is 17.5 Å². The number of anilines is 3. The number of nitrogens with two attached hydrogens (primary N) is 1. The lowest BCUT2D eigenvalue weighted by Gasteiger charge is -2.43. The molecule has 0 saturated carbocycles. The lowest BCUT2D eigenvalue weighted by molar-refractivity contribution is -0.141. The summed E-state index contributed by atoms with van der Waals surface area (Å²) in [6.45, 7) is 15.4. The van der Waals surface area contributed by atoms with Crippen LogP contribution in [0, 0.1) is 12.8 Å². The fraction of sp³-hybridized carbons (Fsp3) is 0.463. The number of phenols is 1. The number of aliphatic hydroxyl groups excluding tert-OH is 1. The zero-order valence-electron chi connectivity index (χ0n) is 42.4. The van der Waals surface area contributed by atoms with E-state index in [4.69, 9.17) is 19.7 Å². The number of rotatable bonds is 18. The van der Waals surface area contributed by atoms with E-state index in [0.717, 1.165) is 91.6 Å². The van der Waals surface area contributed by atoms with Gasteiger partial charge < -0.3 is 50.0 Å². The molecule has 0 spiro atoms. The van der Waals surface area contributed by atoms with Crippen molar-refractivity contribution < 1.29 is 33.8 Å². The fourth-order valence-electron chi connectivity index (χ4n) is 11.0. The summed E-state index contributed by atoms with van der Waals surface area (Å²) >= 11 is 1.45. The van der Waals surface area contributed by atoms with Crippen LogP contribution in [0.25, 0.3) is 21.7 Å². The minimum atomic E-state index is -0.830. The molecule has 8 heterocycles. The standard InChI is InChI=1S/C54H66N12O7S/c1-33(2)50(54(70)65-32-41(67)26-45(65)53(69)58-35(4)36-9-11-37(12-10-36)51-34(3)29-57-74-51)47-28-49(61-73-47)72-24-22-63-19-17-62(18-20-63)21-23-71-48-25-38(15-16-56-48)66-39-13-14-40(66)31-64(30-39)44-27-43(59-60-52(44)55)42-7-5-6-8-46(42)68/h5-12,15-16,25,27-29,33,35,39-41,45,50,67-68H,13-14,17-24,26,30-32H2,1-4H3,(H2,55,60)(H,58,69)/t35-,39?,40?,41+,45-,50+/m0/s1. The third kappa shape index (κ3) is 11.1. The monoisotopic (exact) mass is 1030 g/mol. The van der Waals surface area contributed by atoms with Gasteiger partial charge in [-0.1, -0.05) is 50.2 Å². The molecular formula is C54H66N12O7S. The van der Waals surface area contributed by atoms with E-state index in [2.05, 4.69) is 61.8 Å². The van der Waals surface area contributed by atoms with Crippen LogP contribution < -0.4 is 30.3 Å².